The van der Waals surface area contributed by atoms with Crippen molar-refractivity contribution in [1.29, 1.82) is 0 Å². The smallest absolute Gasteiger partial charge is 0.305 e. The van der Waals surface area contributed by atoms with Crippen molar-refractivity contribution in [3.05, 3.63) is 0 Å². The van der Waals surface area contributed by atoms with E-state index in [1.54, 1.807) is 0 Å². The third-order valence-electron chi connectivity index (χ3n) is 1.75. The number of aliphatic carboxylic acids is 1. The van der Waals surface area contributed by atoms with Crippen LogP contribution in [0, 0.1) is 0 Å². The molecule has 88 valence electrons. The highest BCUT2D eigenvalue weighted by molar-refractivity contribution is 5.85. The summed E-state index contributed by atoms with van der Waals surface area (Å²) in [5.74, 6) is -1.56. The summed E-state index contributed by atoms with van der Waals surface area (Å²) in [7, 11) is 0. The molecule has 15 heavy (non-hydrogen) atoms. The first-order valence-electron chi connectivity index (χ1n) is 4.84. The molecule has 0 aliphatic heterocycles. The molecule has 0 spiro atoms. The second-order valence-electron chi connectivity index (χ2n) is 3.22. The van der Waals surface area contributed by atoms with Crippen LogP contribution in [0.15, 0.2) is 0 Å². The highest BCUT2D eigenvalue weighted by atomic mass is 16.5. The predicted molar refractivity (Wildman–Crippen MR) is 54.3 cm³/mol. The molecule has 0 saturated carbocycles. The molecule has 0 bridgehead atoms. The van der Waals surface area contributed by atoms with Crippen LogP contribution in [0.5, 0.6) is 0 Å². The Hall–Kier alpha value is -1.14. The maximum absolute atomic E-state index is 11.2. The fourth-order valence-electron chi connectivity index (χ4n) is 1.000. The third kappa shape index (κ3) is 6.87. The van der Waals surface area contributed by atoms with Gasteiger partial charge in [-0.1, -0.05) is 0 Å². The van der Waals surface area contributed by atoms with Gasteiger partial charge in [0, 0.05) is 13.2 Å². The number of nitrogens with two attached hydrogens (primary N) is 1. The van der Waals surface area contributed by atoms with Crippen molar-refractivity contribution in [2.75, 3.05) is 13.2 Å². The van der Waals surface area contributed by atoms with Gasteiger partial charge in [0.2, 0.25) is 5.91 Å². The fourth-order valence-corrected chi connectivity index (χ4v) is 1.000. The van der Waals surface area contributed by atoms with E-state index in [0.717, 1.165) is 0 Å². The van der Waals surface area contributed by atoms with Gasteiger partial charge < -0.3 is 20.9 Å². The molecule has 0 aliphatic rings. The van der Waals surface area contributed by atoms with E-state index in [4.69, 9.17) is 15.6 Å². The Bertz CT molecular complexity index is 220. The van der Waals surface area contributed by atoms with Gasteiger partial charge in [-0.25, -0.2) is 0 Å². The van der Waals surface area contributed by atoms with Crippen molar-refractivity contribution in [3.8, 4) is 0 Å². The van der Waals surface area contributed by atoms with Crippen LogP contribution in [-0.2, 0) is 14.3 Å². The zero-order valence-corrected chi connectivity index (χ0v) is 9.03. The molecule has 6 nitrogen and oxygen atoms in total. The van der Waals surface area contributed by atoms with E-state index in [0.29, 0.717) is 13.2 Å². The van der Waals surface area contributed by atoms with Crippen LogP contribution in [0.25, 0.3) is 0 Å². The molecule has 0 rings (SSSR count). The number of amides is 1. The molecule has 0 aromatic rings. The van der Waals surface area contributed by atoms with E-state index in [2.05, 4.69) is 5.32 Å². The minimum atomic E-state index is -1.09. The predicted octanol–water partition coefficient (Wildman–Crippen LogP) is -0.670. The normalized spacial score (nSPS) is 14.3. The summed E-state index contributed by atoms with van der Waals surface area (Å²) < 4.78 is 5.18. The number of rotatable bonds is 7. The zero-order valence-electron chi connectivity index (χ0n) is 9.03. The van der Waals surface area contributed by atoms with Crippen molar-refractivity contribution < 1.29 is 19.4 Å². The van der Waals surface area contributed by atoms with E-state index in [1.165, 1.54) is 0 Å². The van der Waals surface area contributed by atoms with Crippen LogP contribution in [0.2, 0.25) is 0 Å². The number of nitrogens with one attached hydrogen (secondary N) is 1. The summed E-state index contributed by atoms with van der Waals surface area (Å²) >= 11 is 0. The number of carbonyl (C=O) groups excluding carboxylic acids is 1. The largest absolute Gasteiger partial charge is 0.481 e. The maximum atomic E-state index is 11.2. The van der Waals surface area contributed by atoms with Crippen LogP contribution in [0.3, 0.4) is 0 Å². The average molecular weight is 218 g/mol. The molecule has 0 heterocycles. The third-order valence-corrected chi connectivity index (χ3v) is 1.75. The topological polar surface area (TPSA) is 102 Å². The van der Waals surface area contributed by atoms with Gasteiger partial charge in [-0.3, -0.25) is 9.59 Å². The fraction of sp³-hybridized carbons (Fsp3) is 0.778. The lowest BCUT2D eigenvalue weighted by Crippen LogP contribution is -2.44. The van der Waals surface area contributed by atoms with Crippen LogP contribution in [0.1, 0.15) is 20.3 Å². The Labute approximate surface area is 88.8 Å². The first-order chi connectivity index (χ1) is 6.97. The van der Waals surface area contributed by atoms with Crippen molar-refractivity contribution in [1.82, 2.24) is 5.32 Å². The van der Waals surface area contributed by atoms with E-state index in [1.807, 2.05) is 13.8 Å². The summed E-state index contributed by atoms with van der Waals surface area (Å²) in [4.78, 5) is 21.5. The molecule has 0 fully saturated rings. The first-order valence-corrected chi connectivity index (χ1v) is 4.84. The summed E-state index contributed by atoms with van der Waals surface area (Å²) in [5, 5.41) is 10.9. The van der Waals surface area contributed by atoms with Gasteiger partial charge in [-0.2, -0.15) is 0 Å². The second-order valence-corrected chi connectivity index (χ2v) is 3.22. The van der Waals surface area contributed by atoms with Gasteiger partial charge in [0.05, 0.1) is 18.6 Å². The van der Waals surface area contributed by atoms with Gasteiger partial charge in [0.15, 0.2) is 0 Å². The number of carbonyl (C=O) groups is 2. The minimum absolute atomic E-state index is 0.101. The standard InChI is InChI=1S/C9H18N2O4/c1-3-15-6(2)5-11-9(14)7(10)4-8(12)13/h6-7H,3-5,10H2,1-2H3,(H,11,14)(H,12,13). The number of hydrogen-bond donors (Lipinski definition) is 3. The van der Waals surface area contributed by atoms with Gasteiger partial charge in [0.25, 0.3) is 0 Å². The van der Waals surface area contributed by atoms with Crippen LogP contribution in [0.4, 0.5) is 0 Å². The van der Waals surface area contributed by atoms with Crippen LogP contribution >= 0.6 is 0 Å². The van der Waals surface area contributed by atoms with Gasteiger partial charge in [0.1, 0.15) is 0 Å². The zero-order chi connectivity index (χ0) is 11.8. The SMILES string of the molecule is CCOC(C)CNC(=O)C(N)CC(=O)O. The molecule has 0 aromatic heterocycles. The molecule has 0 aromatic carbocycles. The monoisotopic (exact) mass is 218 g/mol. The molecule has 6 heteroatoms. The molecular weight excluding hydrogens is 200 g/mol. The number of ether oxygens (including phenoxy) is 1. The summed E-state index contributed by atoms with van der Waals surface area (Å²) in [6.45, 7) is 4.57. The minimum Gasteiger partial charge on any atom is -0.481 e. The lowest BCUT2D eigenvalue weighted by molar-refractivity contribution is -0.139. The quantitative estimate of drug-likeness (QED) is 0.526. The van der Waals surface area contributed by atoms with Gasteiger partial charge >= 0.3 is 5.97 Å². The second kappa shape index (κ2) is 7.19. The molecule has 0 saturated heterocycles. The maximum Gasteiger partial charge on any atom is 0.305 e. The Morgan fingerprint density at radius 3 is 2.60 bits per heavy atom. The van der Waals surface area contributed by atoms with E-state index in [-0.39, 0.29) is 12.5 Å². The molecule has 1 amide bonds. The van der Waals surface area contributed by atoms with Crippen molar-refractivity contribution in [2.24, 2.45) is 5.73 Å². The molecule has 4 N–H and O–H groups in total. The Balaban J connectivity index is 3.77. The van der Waals surface area contributed by atoms with Crippen molar-refractivity contribution >= 4 is 11.9 Å². The number of hydrogen-bond acceptors (Lipinski definition) is 4. The molecule has 2 unspecified atom stereocenters. The lowest BCUT2D eigenvalue weighted by atomic mass is 10.2. The van der Waals surface area contributed by atoms with E-state index >= 15 is 0 Å². The Kier molecular flexibility index (Phi) is 6.64. The molecule has 2 atom stereocenters. The highest BCUT2D eigenvalue weighted by Gasteiger charge is 2.17. The molecular formula is C9H18N2O4. The van der Waals surface area contributed by atoms with Crippen molar-refractivity contribution in [2.45, 2.75) is 32.4 Å². The summed E-state index contributed by atoms with van der Waals surface area (Å²) in [6, 6.07) is -1.00. The van der Waals surface area contributed by atoms with E-state index in [9.17, 15) is 9.59 Å². The van der Waals surface area contributed by atoms with Crippen LogP contribution in [-0.4, -0.2) is 42.3 Å². The number of carboxylic acids is 1. The van der Waals surface area contributed by atoms with Crippen molar-refractivity contribution in [3.63, 3.8) is 0 Å². The molecule has 0 aliphatic carbocycles. The average Bonchev–Trinajstić information content (AvgIpc) is 2.13. The Morgan fingerprint density at radius 1 is 1.53 bits per heavy atom. The molecule has 0 radical (unpaired) electrons. The van der Waals surface area contributed by atoms with E-state index < -0.39 is 17.9 Å². The first kappa shape index (κ1) is 13.9. The highest BCUT2D eigenvalue weighted by Crippen LogP contribution is 1.91. The van der Waals surface area contributed by atoms with Gasteiger partial charge in [-0.05, 0) is 13.8 Å². The summed E-state index contributed by atoms with van der Waals surface area (Å²) in [5.41, 5.74) is 5.34. The Morgan fingerprint density at radius 2 is 2.13 bits per heavy atom. The number of carboxylic acid groups (broad SMARTS) is 1. The van der Waals surface area contributed by atoms with Crippen LogP contribution < -0.4 is 11.1 Å². The lowest BCUT2D eigenvalue weighted by Gasteiger charge is -2.14. The van der Waals surface area contributed by atoms with Gasteiger partial charge in [-0.15, -0.1) is 0 Å². The summed E-state index contributed by atoms with van der Waals surface area (Å²) in [6.07, 6.45) is -0.467.